The Bertz CT molecular complexity index is 826. The van der Waals surface area contributed by atoms with Crippen LogP contribution in [0.15, 0.2) is 42.5 Å². The van der Waals surface area contributed by atoms with E-state index in [1.165, 1.54) is 0 Å². The lowest BCUT2D eigenvalue weighted by Gasteiger charge is -2.25. The summed E-state index contributed by atoms with van der Waals surface area (Å²) in [6, 6.07) is 10.8. The van der Waals surface area contributed by atoms with Crippen molar-refractivity contribution in [3.8, 4) is 0 Å². The summed E-state index contributed by atoms with van der Waals surface area (Å²) in [5.74, 6) is 0. The Hall–Kier alpha value is -1.82. The van der Waals surface area contributed by atoms with Crippen LogP contribution in [0.4, 0.5) is 13.2 Å². The zero-order valence-electron chi connectivity index (χ0n) is 18.1. The van der Waals surface area contributed by atoms with Gasteiger partial charge in [0.1, 0.15) is 0 Å². The third-order valence-corrected chi connectivity index (χ3v) is 5.37. The summed E-state index contributed by atoms with van der Waals surface area (Å²) in [5, 5.41) is 11.4. The van der Waals surface area contributed by atoms with E-state index < -0.39 is 17.8 Å². The zero-order valence-corrected chi connectivity index (χ0v) is 18.9. The van der Waals surface area contributed by atoms with Crippen LogP contribution in [0.1, 0.15) is 67.9 Å². The summed E-state index contributed by atoms with van der Waals surface area (Å²) in [5.41, 5.74) is 0.749. The number of alkyl halides is 3. The molecule has 2 rings (SSSR count). The molecule has 1 unspecified atom stereocenters. The second-order valence-corrected chi connectivity index (χ2v) is 8.23. The van der Waals surface area contributed by atoms with Crippen molar-refractivity contribution in [2.45, 2.75) is 51.8 Å². The summed E-state index contributed by atoms with van der Waals surface area (Å²) < 4.78 is 40.5. The molecule has 170 valence electrons. The van der Waals surface area contributed by atoms with Gasteiger partial charge in [-0.15, -0.1) is 0 Å². The molecule has 2 nitrogen and oxygen atoms in total. The SMILES string of the molecule is CCCCN(CCCC)CC(O)c1cc(/C=C/c2ccc(Cl)cc2)cc(C(F)(F)F)c1. The van der Waals surface area contributed by atoms with Crippen LogP contribution in [0.25, 0.3) is 12.2 Å². The number of unbranched alkanes of at least 4 members (excludes halogenated alkanes) is 2. The van der Waals surface area contributed by atoms with Crippen molar-refractivity contribution < 1.29 is 18.3 Å². The van der Waals surface area contributed by atoms with Crippen LogP contribution >= 0.6 is 11.6 Å². The molecule has 31 heavy (non-hydrogen) atoms. The molecule has 0 aliphatic carbocycles. The minimum Gasteiger partial charge on any atom is -0.387 e. The van der Waals surface area contributed by atoms with E-state index in [4.69, 9.17) is 11.6 Å². The van der Waals surface area contributed by atoms with Crippen LogP contribution < -0.4 is 0 Å². The first-order valence-corrected chi connectivity index (χ1v) is 11.2. The van der Waals surface area contributed by atoms with E-state index in [1.807, 2.05) is 0 Å². The van der Waals surface area contributed by atoms with E-state index in [0.717, 1.165) is 56.5 Å². The number of hydrogen-bond acceptors (Lipinski definition) is 2. The molecule has 0 bridgehead atoms. The van der Waals surface area contributed by atoms with Gasteiger partial charge < -0.3 is 10.0 Å². The Kier molecular flexibility index (Phi) is 10.1. The maximum Gasteiger partial charge on any atom is 0.416 e. The highest BCUT2D eigenvalue weighted by atomic mass is 35.5. The smallest absolute Gasteiger partial charge is 0.387 e. The lowest BCUT2D eigenvalue weighted by molar-refractivity contribution is -0.137. The van der Waals surface area contributed by atoms with Crippen molar-refractivity contribution in [2.75, 3.05) is 19.6 Å². The summed E-state index contributed by atoms with van der Waals surface area (Å²) in [7, 11) is 0. The van der Waals surface area contributed by atoms with Crippen molar-refractivity contribution >= 4 is 23.8 Å². The van der Waals surface area contributed by atoms with E-state index in [1.54, 1.807) is 42.5 Å². The van der Waals surface area contributed by atoms with Crippen molar-refractivity contribution in [3.63, 3.8) is 0 Å². The number of benzene rings is 2. The molecular weight excluding hydrogens is 423 g/mol. The Labute approximate surface area is 188 Å². The maximum atomic E-state index is 13.5. The first kappa shape index (κ1) is 25.4. The van der Waals surface area contributed by atoms with E-state index >= 15 is 0 Å². The second kappa shape index (κ2) is 12.3. The predicted octanol–water partition coefficient (Wildman–Crippen LogP) is 7.46. The molecule has 6 heteroatoms. The molecule has 0 aliphatic heterocycles. The van der Waals surface area contributed by atoms with Crippen LogP contribution in [-0.4, -0.2) is 29.6 Å². The average Bonchev–Trinajstić information content (AvgIpc) is 2.74. The predicted molar refractivity (Wildman–Crippen MR) is 123 cm³/mol. The van der Waals surface area contributed by atoms with Gasteiger partial charge in [-0.2, -0.15) is 13.2 Å². The van der Waals surface area contributed by atoms with Gasteiger partial charge in [0.2, 0.25) is 0 Å². The fraction of sp³-hybridized carbons (Fsp3) is 0.440. The normalized spacial score (nSPS) is 13.3. The van der Waals surface area contributed by atoms with Crippen LogP contribution in [0.5, 0.6) is 0 Å². The lowest BCUT2D eigenvalue weighted by atomic mass is 10.00. The van der Waals surface area contributed by atoms with E-state index in [-0.39, 0.29) is 5.56 Å². The lowest BCUT2D eigenvalue weighted by Crippen LogP contribution is -2.31. The zero-order chi connectivity index (χ0) is 22.9. The van der Waals surface area contributed by atoms with Gasteiger partial charge in [-0.05, 0) is 73.0 Å². The molecule has 0 fully saturated rings. The Morgan fingerprint density at radius 2 is 1.52 bits per heavy atom. The second-order valence-electron chi connectivity index (χ2n) is 7.79. The molecule has 2 aromatic rings. The van der Waals surface area contributed by atoms with Crippen molar-refractivity contribution in [1.29, 1.82) is 0 Å². The first-order chi connectivity index (χ1) is 14.7. The van der Waals surface area contributed by atoms with Crippen molar-refractivity contribution in [2.24, 2.45) is 0 Å². The third kappa shape index (κ3) is 8.68. The Balaban J connectivity index is 2.27. The van der Waals surface area contributed by atoms with Gasteiger partial charge in [0.15, 0.2) is 0 Å². The summed E-state index contributed by atoms with van der Waals surface area (Å²) in [6.45, 7) is 6.18. The fourth-order valence-electron chi connectivity index (χ4n) is 3.30. The molecule has 1 atom stereocenters. The molecule has 1 N–H and O–H groups in total. The first-order valence-electron chi connectivity index (χ1n) is 10.8. The van der Waals surface area contributed by atoms with Gasteiger partial charge in [-0.3, -0.25) is 0 Å². The number of nitrogens with zero attached hydrogens (tertiary/aromatic N) is 1. The number of aliphatic hydroxyl groups excluding tert-OH is 1. The van der Waals surface area contributed by atoms with Gasteiger partial charge in [0.25, 0.3) is 0 Å². The highest BCUT2D eigenvalue weighted by molar-refractivity contribution is 6.30. The van der Waals surface area contributed by atoms with Crippen molar-refractivity contribution in [1.82, 2.24) is 4.90 Å². The minimum absolute atomic E-state index is 0.281. The van der Waals surface area contributed by atoms with E-state index in [2.05, 4.69) is 18.7 Å². The summed E-state index contributed by atoms with van der Waals surface area (Å²) >= 11 is 5.88. The molecule has 0 aromatic heterocycles. The monoisotopic (exact) mass is 453 g/mol. The Morgan fingerprint density at radius 3 is 2.06 bits per heavy atom. The summed E-state index contributed by atoms with van der Waals surface area (Å²) in [6.07, 6.45) is 1.94. The third-order valence-electron chi connectivity index (χ3n) is 5.11. The van der Waals surface area contributed by atoms with Crippen LogP contribution in [0.2, 0.25) is 5.02 Å². The molecular formula is C25H31ClF3NO. The highest BCUT2D eigenvalue weighted by Crippen LogP contribution is 2.33. The molecule has 0 saturated carbocycles. The van der Waals surface area contributed by atoms with E-state index in [0.29, 0.717) is 17.1 Å². The standard InChI is InChI=1S/C25H31ClF3NO/c1-3-5-13-30(14-6-4-2)18-24(31)21-15-20(16-22(17-21)25(27,28)29)8-7-19-9-11-23(26)12-10-19/h7-12,15-17,24,31H,3-6,13-14,18H2,1-2H3/b8-7+. The number of rotatable bonds is 11. The van der Waals surface area contributed by atoms with Crippen LogP contribution in [0.3, 0.4) is 0 Å². The minimum atomic E-state index is -4.48. The van der Waals surface area contributed by atoms with Gasteiger partial charge in [0.05, 0.1) is 11.7 Å². The molecule has 0 radical (unpaired) electrons. The number of hydrogen-bond donors (Lipinski definition) is 1. The maximum absolute atomic E-state index is 13.5. The molecule has 0 aliphatic rings. The molecule has 2 aromatic carbocycles. The average molecular weight is 454 g/mol. The van der Waals surface area contributed by atoms with Gasteiger partial charge in [-0.1, -0.05) is 62.6 Å². The highest BCUT2D eigenvalue weighted by Gasteiger charge is 2.31. The quantitative estimate of drug-likeness (QED) is 0.357. The molecule has 0 spiro atoms. The van der Waals surface area contributed by atoms with Gasteiger partial charge in [0, 0.05) is 11.6 Å². The number of halogens is 4. The molecule has 0 saturated heterocycles. The van der Waals surface area contributed by atoms with Gasteiger partial charge >= 0.3 is 6.18 Å². The molecule has 0 amide bonds. The van der Waals surface area contributed by atoms with Crippen molar-refractivity contribution in [3.05, 3.63) is 69.7 Å². The number of aliphatic hydroxyl groups is 1. The van der Waals surface area contributed by atoms with Crippen LogP contribution in [-0.2, 0) is 6.18 Å². The Morgan fingerprint density at radius 1 is 0.935 bits per heavy atom. The summed E-state index contributed by atoms with van der Waals surface area (Å²) in [4.78, 5) is 2.14. The fourth-order valence-corrected chi connectivity index (χ4v) is 3.43. The van der Waals surface area contributed by atoms with Crippen LogP contribution in [0, 0.1) is 0 Å². The van der Waals surface area contributed by atoms with E-state index in [9.17, 15) is 18.3 Å². The topological polar surface area (TPSA) is 23.5 Å². The molecule has 0 heterocycles. The largest absolute Gasteiger partial charge is 0.416 e. The van der Waals surface area contributed by atoms with Gasteiger partial charge in [-0.25, -0.2) is 0 Å².